The second-order valence-corrected chi connectivity index (χ2v) is 6.47. The van der Waals surface area contributed by atoms with Crippen molar-refractivity contribution in [3.63, 3.8) is 0 Å². The molecule has 1 N–H and O–H groups in total. The fraction of sp³-hybridized carbons (Fsp3) is 0.312. The summed E-state index contributed by atoms with van der Waals surface area (Å²) in [6, 6.07) is 12.6. The SMILES string of the molecule is CCNCC(Cc1ccc(Br)cn1)c1ccccc1Br. The molecule has 2 nitrogen and oxygen atoms in total. The van der Waals surface area contributed by atoms with Crippen molar-refractivity contribution in [1.29, 1.82) is 0 Å². The van der Waals surface area contributed by atoms with Crippen LogP contribution in [0.2, 0.25) is 0 Å². The number of halogens is 2. The second-order valence-electron chi connectivity index (χ2n) is 4.70. The lowest BCUT2D eigenvalue weighted by Gasteiger charge is -2.19. The topological polar surface area (TPSA) is 24.9 Å². The first-order chi connectivity index (χ1) is 9.70. The fourth-order valence-electron chi connectivity index (χ4n) is 2.20. The number of rotatable bonds is 6. The van der Waals surface area contributed by atoms with E-state index in [-0.39, 0.29) is 0 Å². The van der Waals surface area contributed by atoms with E-state index in [1.807, 2.05) is 12.3 Å². The predicted octanol–water partition coefficient (Wildman–Crippen LogP) is 4.54. The molecule has 4 heteroatoms. The minimum Gasteiger partial charge on any atom is -0.316 e. The van der Waals surface area contributed by atoms with E-state index in [1.165, 1.54) is 10.0 Å². The molecular weight excluding hydrogens is 380 g/mol. The lowest BCUT2D eigenvalue weighted by atomic mass is 9.94. The molecule has 0 fully saturated rings. The van der Waals surface area contributed by atoms with E-state index in [1.54, 1.807) is 0 Å². The van der Waals surface area contributed by atoms with Gasteiger partial charge in [0.1, 0.15) is 0 Å². The van der Waals surface area contributed by atoms with Gasteiger partial charge in [-0.05, 0) is 52.7 Å². The van der Waals surface area contributed by atoms with Gasteiger partial charge < -0.3 is 5.32 Å². The molecule has 0 spiro atoms. The molecule has 0 aliphatic rings. The third-order valence-electron chi connectivity index (χ3n) is 3.23. The summed E-state index contributed by atoms with van der Waals surface area (Å²) in [6.07, 6.45) is 2.79. The third kappa shape index (κ3) is 4.40. The molecule has 0 amide bonds. The average molecular weight is 398 g/mol. The summed E-state index contributed by atoms with van der Waals surface area (Å²) in [5, 5.41) is 3.45. The van der Waals surface area contributed by atoms with Gasteiger partial charge in [-0.25, -0.2) is 0 Å². The summed E-state index contributed by atoms with van der Waals surface area (Å²) in [5.41, 5.74) is 2.45. The van der Waals surface area contributed by atoms with Gasteiger partial charge in [0.15, 0.2) is 0 Å². The molecule has 1 aromatic carbocycles. The molecule has 20 heavy (non-hydrogen) atoms. The van der Waals surface area contributed by atoms with E-state index in [4.69, 9.17) is 0 Å². The van der Waals surface area contributed by atoms with E-state index >= 15 is 0 Å². The van der Waals surface area contributed by atoms with Crippen molar-refractivity contribution in [2.24, 2.45) is 0 Å². The largest absolute Gasteiger partial charge is 0.316 e. The van der Waals surface area contributed by atoms with Crippen molar-refractivity contribution in [2.75, 3.05) is 13.1 Å². The van der Waals surface area contributed by atoms with Crippen LogP contribution in [0.15, 0.2) is 51.5 Å². The Hall–Kier alpha value is -0.710. The molecule has 0 radical (unpaired) electrons. The van der Waals surface area contributed by atoms with Crippen LogP contribution in [0.3, 0.4) is 0 Å². The summed E-state index contributed by atoms with van der Waals surface area (Å²) < 4.78 is 2.19. The highest BCUT2D eigenvalue weighted by Crippen LogP contribution is 2.27. The van der Waals surface area contributed by atoms with Gasteiger partial charge >= 0.3 is 0 Å². The average Bonchev–Trinajstić information content (AvgIpc) is 2.46. The fourth-order valence-corrected chi connectivity index (χ4v) is 3.04. The van der Waals surface area contributed by atoms with Gasteiger partial charge in [0.25, 0.3) is 0 Å². The zero-order chi connectivity index (χ0) is 14.4. The number of pyridine rings is 1. The molecule has 2 aromatic rings. The van der Waals surface area contributed by atoms with Gasteiger partial charge in [-0.1, -0.05) is 41.1 Å². The van der Waals surface area contributed by atoms with Crippen LogP contribution in [0, 0.1) is 0 Å². The normalized spacial score (nSPS) is 12.3. The molecule has 1 aromatic heterocycles. The summed E-state index contributed by atoms with van der Waals surface area (Å²) in [7, 11) is 0. The van der Waals surface area contributed by atoms with Crippen LogP contribution in [-0.2, 0) is 6.42 Å². The Morgan fingerprint density at radius 3 is 2.60 bits per heavy atom. The number of nitrogens with one attached hydrogen (secondary N) is 1. The Kier molecular flexibility index (Phi) is 6.20. The molecule has 1 heterocycles. The van der Waals surface area contributed by atoms with E-state index in [2.05, 4.69) is 79.4 Å². The zero-order valence-corrected chi connectivity index (χ0v) is 14.6. The maximum Gasteiger partial charge on any atom is 0.0413 e. The van der Waals surface area contributed by atoms with E-state index in [0.717, 1.165) is 29.7 Å². The number of aromatic nitrogens is 1. The van der Waals surface area contributed by atoms with Crippen LogP contribution in [0.25, 0.3) is 0 Å². The Balaban J connectivity index is 2.19. The highest BCUT2D eigenvalue weighted by Gasteiger charge is 2.15. The van der Waals surface area contributed by atoms with Crippen LogP contribution in [-0.4, -0.2) is 18.1 Å². The van der Waals surface area contributed by atoms with Crippen molar-refractivity contribution in [1.82, 2.24) is 10.3 Å². The second kappa shape index (κ2) is 7.91. The number of benzene rings is 1. The van der Waals surface area contributed by atoms with Crippen LogP contribution in [0.1, 0.15) is 24.1 Å². The molecule has 106 valence electrons. The first kappa shape index (κ1) is 15.7. The van der Waals surface area contributed by atoms with E-state index < -0.39 is 0 Å². The lowest BCUT2D eigenvalue weighted by Crippen LogP contribution is -2.23. The van der Waals surface area contributed by atoms with Crippen LogP contribution >= 0.6 is 31.9 Å². The molecule has 0 bridgehead atoms. The summed E-state index contributed by atoms with van der Waals surface area (Å²) in [6.45, 7) is 4.07. The van der Waals surface area contributed by atoms with Crippen LogP contribution < -0.4 is 5.32 Å². The minimum absolute atomic E-state index is 0.416. The van der Waals surface area contributed by atoms with Crippen LogP contribution in [0.5, 0.6) is 0 Å². The van der Waals surface area contributed by atoms with Crippen molar-refractivity contribution < 1.29 is 0 Å². The van der Waals surface area contributed by atoms with Crippen molar-refractivity contribution in [3.05, 3.63) is 62.8 Å². The van der Waals surface area contributed by atoms with Gasteiger partial charge in [-0.15, -0.1) is 0 Å². The van der Waals surface area contributed by atoms with Crippen molar-refractivity contribution in [3.8, 4) is 0 Å². The Labute approximate surface area is 137 Å². The molecule has 0 aliphatic heterocycles. The van der Waals surface area contributed by atoms with Crippen molar-refractivity contribution in [2.45, 2.75) is 19.3 Å². The smallest absolute Gasteiger partial charge is 0.0413 e. The highest BCUT2D eigenvalue weighted by atomic mass is 79.9. The Morgan fingerprint density at radius 1 is 1.15 bits per heavy atom. The highest BCUT2D eigenvalue weighted by molar-refractivity contribution is 9.10. The summed E-state index contributed by atoms with van der Waals surface area (Å²) in [4.78, 5) is 4.49. The summed E-state index contributed by atoms with van der Waals surface area (Å²) in [5.74, 6) is 0.416. The third-order valence-corrected chi connectivity index (χ3v) is 4.42. The van der Waals surface area contributed by atoms with E-state index in [9.17, 15) is 0 Å². The lowest BCUT2D eigenvalue weighted by molar-refractivity contribution is 0.587. The quantitative estimate of drug-likeness (QED) is 0.773. The molecule has 1 atom stereocenters. The zero-order valence-electron chi connectivity index (χ0n) is 11.4. The van der Waals surface area contributed by atoms with Gasteiger partial charge in [-0.3, -0.25) is 4.98 Å². The predicted molar refractivity (Wildman–Crippen MR) is 91.1 cm³/mol. The maximum absolute atomic E-state index is 4.49. The first-order valence-electron chi connectivity index (χ1n) is 6.76. The van der Waals surface area contributed by atoms with Gasteiger partial charge in [0.05, 0.1) is 0 Å². The number of hydrogen-bond donors (Lipinski definition) is 1. The monoisotopic (exact) mass is 396 g/mol. The molecule has 2 rings (SSSR count). The molecule has 0 saturated carbocycles. The van der Waals surface area contributed by atoms with Crippen molar-refractivity contribution >= 4 is 31.9 Å². The van der Waals surface area contributed by atoms with Gasteiger partial charge in [-0.2, -0.15) is 0 Å². The molecule has 0 aliphatic carbocycles. The minimum atomic E-state index is 0.416. The molecule has 1 unspecified atom stereocenters. The van der Waals surface area contributed by atoms with Gasteiger partial charge in [0.2, 0.25) is 0 Å². The maximum atomic E-state index is 4.49. The Morgan fingerprint density at radius 2 is 1.95 bits per heavy atom. The number of likely N-dealkylation sites (N-methyl/N-ethyl adjacent to an activating group) is 1. The van der Waals surface area contributed by atoms with Crippen LogP contribution in [0.4, 0.5) is 0 Å². The molecule has 0 saturated heterocycles. The standard InChI is InChI=1S/C16H18Br2N2/c1-2-19-10-12(15-5-3-4-6-16(15)18)9-14-8-7-13(17)11-20-14/h3-8,11-12,19H,2,9-10H2,1H3. The van der Waals surface area contributed by atoms with E-state index in [0.29, 0.717) is 5.92 Å². The summed E-state index contributed by atoms with van der Waals surface area (Å²) >= 11 is 7.09. The first-order valence-corrected chi connectivity index (χ1v) is 8.35. The van der Waals surface area contributed by atoms with Gasteiger partial charge in [0, 0.05) is 33.3 Å². The molecular formula is C16H18Br2N2. The Bertz CT molecular complexity index is 540. The number of hydrogen-bond acceptors (Lipinski definition) is 2. The number of nitrogens with zero attached hydrogens (tertiary/aromatic N) is 1.